The predicted octanol–water partition coefficient (Wildman–Crippen LogP) is 6.47. The number of aryl methyl sites for hydroxylation is 1. The van der Waals surface area contributed by atoms with E-state index in [1.165, 1.54) is 11.3 Å². The molecule has 5 rings (SSSR count). The van der Waals surface area contributed by atoms with E-state index in [0.717, 1.165) is 16.8 Å². The van der Waals surface area contributed by atoms with E-state index in [1.54, 1.807) is 55.0 Å². The maximum Gasteiger partial charge on any atom is 0.265 e. The molecule has 0 aliphatic heterocycles. The summed E-state index contributed by atoms with van der Waals surface area (Å²) in [5.41, 5.74) is 3.97. The Balaban J connectivity index is 1.32. The smallest absolute Gasteiger partial charge is 0.265 e. The fourth-order valence-corrected chi connectivity index (χ4v) is 4.96. The van der Waals surface area contributed by atoms with E-state index >= 15 is 0 Å². The van der Waals surface area contributed by atoms with Crippen LogP contribution in [0, 0.1) is 18.3 Å². The molecule has 5 aromatic rings. The summed E-state index contributed by atoms with van der Waals surface area (Å²) in [6.07, 6.45) is 5.10. The first-order valence-corrected chi connectivity index (χ1v) is 13.6. The highest BCUT2D eigenvalue weighted by atomic mass is 32.1. The molecule has 0 radical (unpaired) electrons. The summed E-state index contributed by atoms with van der Waals surface area (Å²) in [5, 5.41) is 15.3. The number of fused-ring (bicyclic) bond motifs is 1. The summed E-state index contributed by atoms with van der Waals surface area (Å²) in [4.78, 5) is 42.5. The lowest BCUT2D eigenvalue weighted by atomic mass is 9.85. The molecular formula is C31H27N7O2S. The van der Waals surface area contributed by atoms with Crippen molar-refractivity contribution in [3.8, 4) is 6.07 Å². The lowest BCUT2D eigenvalue weighted by Crippen LogP contribution is -2.17. The monoisotopic (exact) mass is 561 g/mol. The predicted molar refractivity (Wildman–Crippen MR) is 162 cm³/mol. The molecule has 0 aliphatic carbocycles. The molecule has 0 saturated heterocycles. The van der Waals surface area contributed by atoms with Crippen molar-refractivity contribution in [2.45, 2.75) is 26.2 Å². The molecule has 10 heteroatoms. The van der Waals surface area contributed by atoms with Crippen molar-refractivity contribution >= 4 is 56.4 Å². The van der Waals surface area contributed by atoms with Gasteiger partial charge in [0.15, 0.2) is 5.82 Å². The number of anilines is 4. The first-order valence-electron chi connectivity index (χ1n) is 12.8. The van der Waals surface area contributed by atoms with E-state index < -0.39 is 5.41 Å². The molecule has 3 aromatic heterocycles. The Kier molecular flexibility index (Phi) is 7.46. The molecule has 41 heavy (non-hydrogen) atoms. The molecular weight excluding hydrogens is 534 g/mol. The van der Waals surface area contributed by atoms with Gasteiger partial charge in [-0.1, -0.05) is 18.2 Å². The van der Waals surface area contributed by atoms with Crippen LogP contribution in [-0.4, -0.2) is 33.8 Å². The third-order valence-electron chi connectivity index (χ3n) is 6.71. The van der Waals surface area contributed by atoms with Crippen molar-refractivity contribution in [2.75, 3.05) is 22.6 Å². The van der Waals surface area contributed by atoms with Gasteiger partial charge in [-0.15, -0.1) is 11.3 Å². The summed E-state index contributed by atoms with van der Waals surface area (Å²) in [6.45, 7) is 5.49. The summed E-state index contributed by atoms with van der Waals surface area (Å²) in [7, 11) is 1.89. The Morgan fingerprint density at radius 3 is 2.54 bits per heavy atom. The number of nitrogens with one attached hydrogen (secondary N) is 2. The largest absolute Gasteiger partial charge is 0.328 e. The lowest BCUT2D eigenvalue weighted by Gasteiger charge is -2.17. The van der Waals surface area contributed by atoms with Gasteiger partial charge in [0.05, 0.1) is 22.6 Å². The second-order valence-electron chi connectivity index (χ2n) is 10.0. The van der Waals surface area contributed by atoms with Crippen molar-refractivity contribution in [1.82, 2.24) is 15.0 Å². The van der Waals surface area contributed by atoms with Gasteiger partial charge in [-0.05, 0) is 74.4 Å². The maximum atomic E-state index is 13.2. The van der Waals surface area contributed by atoms with Gasteiger partial charge in [-0.2, -0.15) is 5.26 Å². The summed E-state index contributed by atoms with van der Waals surface area (Å²) in [5.74, 6) is 0.0437. The third kappa shape index (κ3) is 5.90. The maximum absolute atomic E-state index is 13.2. The van der Waals surface area contributed by atoms with Crippen molar-refractivity contribution < 1.29 is 9.59 Å². The van der Waals surface area contributed by atoms with Gasteiger partial charge in [0.2, 0.25) is 0 Å². The van der Waals surface area contributed by atoms with Gasteiger partial charge in [-0.3, -0.25) is 14.6 Å². The average Bonchev–Trinajstić information content (AvgIpc) is 3.43. The number of nitriles is 1. The summed E-state index contributed by atoms with van der Waals surface area (Å²) >= 11 is 1.26. The SMILES string of the molecule is Cc1ccc(NC(=O)c2cccc(C(C)(C)C#N)c2)cc1NC(=O)c1cc2nc(N(C)c3ccncc3)cnc2s1. The normalized spacial score (nSPS) is 11.1. The highest BCUT2D eigenvalue weighted by molar-refractivity contribution is 7.20. The number of carbonyl (C=O) groups is 2. The van der Waals surface area contributed by atoms with Crippen LogP contribution in [0.2, 0.25) is 0 Å². The Bertz CT molecular complexity index is 1810. The Morgan fingerprint density at radius 2 is 1.78 bits per heavy atom. The van der Waals surface area contributed by atoms with Crippen molar-refractivity contribution in [1.29, 1.82) is 5.26 Å². The molecule has 2 amide bonds. The fraction of sp³-hybridized carbons (Fsp3) is 0.161. The summed E-state index contributed by atoms with van der Waals surface area (Å²) < 4.78 is 0. The Labute approximate surface area is 241 Å². The van der Waals surface area contributed by atoms with Crippen LogP contribution in [0.4, 0.5) is 22.9 Å². The van der Waals surface area contributed by atoms with Crippen molar-refractivity contribution in [3.63, 3.8) is 0 Å². The average molecular weight is 562 g/mol. The molecule has 0 fully saturated rings. The number of thiophene rings is 1. The van der Waals surface area contributed by atoms with Gasteiger partial charge >= 0.3 is 0 Å². The highest BCUT2D eigenvalue weighted by Crippen LogP contribution is 2.29. The second kappa shape index (κ2) is 11.2. The quantitative estimate of drug-likeness (QED) is 0.233. The van der Waals surface area contributed by atoms with E-state index in [1.807, 2.05) is 57.0 Å². The van der Waals surface area contributed by atoms with Gasteiger partial charge < -0.3 is 15.5 Å². The van der Waals surface area contributed by atoms with Crippen LogP contribution in [-0.2, 0) is 5.41 Å². The van der Waals surface area contributed by atoms with Crippen LogP contribution in [0.1, 0.15) is 45.0 Å². The van der Waals surface area contributed by atoms with Crippen molar-refractivity contribution in [3.05, 3.63) is 101 Å². The van der Waals surface area contributed by atoms with Crippen LogP contribution >= 0.6 is 11.3 Å². The Morgan fingerprint density at radius 1 is 1.00 bits per heavy atom. The number of nitrogens with zero attached hydrogens (tertiary/aromatic N) is 5. The molecule has 3 heterocycles. The van der Waals surface area contributed by atoms with E-state index in [9.17, 15) is 14.9 Å². The zero-order chi connectivity index (χ0) is 29.1. The van der Waals surface area contributed by atoms with E-state index in [2.05, 4.69) is 31.7 Å². The highest BCUT2D eigenvalue weighted by Gasteiger charge is 2.21. The molecule has 0 bridgehead atoms. The van der Waals surface area contributed by atoms with Gasteiger partial charge in [-0.25, -0.2) is 9.97 Å². The molecule has 204 valence electrons. The minimum Gasteiger partial charge on any atom is -0.328 e. The molecule has 0 saturated carbocycles. The van der Waals surface area contributed by atoms with E-state index in [-0.39, 0.29) is 11.8 Å². The van der Waals surface area contributed by atoms with Gasteiger partial charge in [0, 0.05) is 42.1 Å². The first kappa shape index (κ1) is 27.4. The number of amides is 2. The van der Waals surface area contributed by atoms with Crippen LogP contribution in [0.25, 0.3) is 10.3 Å². The van der Waals surface area contributed by atoms with Gasteiger partial charge in [0.1, 0.15) is 10.3 Å². The number of pyridine rings is 1. The van der Waals surface area contributed by atoms with Crippen LogP contribution in [0.5, 0.6) is 0 Å². The lowest BCUT2D eigenvalue weighted by molar-refractivity contribution is 0.102. The van der Waals surface area contributed by atoms with E-state index in [4.69, 9.17) is 0 Å². The summed E-state index contributed by atoms with van der Waals surface area (Å²) in [6, 6.07) is 20.1. The minimum atomic E-state index is -0.716. The first-order chi connectivity index (χ1) is 19.6. The molecule has 0 atom stereocenters. The van der Waals surface area contributed by atoms with Crippen LogP contribution in [0.15, 0.2) is 79.3 Å². The van der Waals surface area contributed by atoms with Gasteiger partial charge in [0.25, 0.3) is 11.8 Å². The Hall–Kier alpha value is -5.14. The third-order valence-corrected chi connectivity index (χ3v) is 7.74. The van der Waals surface area contributed by atoms with Crippen LogP contribution in [0.3, 0.4) is 0 Å². The molecule has 2 N–H and O–H groups in total. The molecule has 9 nitrogen and oxygen atoms in total. The van der Waals surface area contributed by atoms with Crippen LogP contribution < -0.4 is 15.5 Å². The minimum absolute atomic E-state index is 0.295. The number of rotatable bonds is 7. The van der Waals surface area contributed by atoms with E-state index in [0.29, 0.717) is 38.0 Å². The number of benzene rings is 2. The molecule has 2 aromatic carbocycles. The molecule has 0 aliphatic rings. The number of hydrogen-bond acceptors (Lipinski definition) is 8. The zero-order valence-corrected chi connectivity index (χ0v) is 23.8. The molecule has 0 spiro atoms. The number of carbonyl (C=O) groups excluding carboxylic acids is 2. The number of aromatic nitrogens is 3. The topological polar surface area (TPSA) is 124 Å². The molecule has 0 unspecified atom stereocenters. The number of hydrogen-bond donors (Lipinski definition) is 2. The zero-order valence-electron chi connectivity index (χ0n) is 23.0. The van der Waals surface area contributed by atoms with Crippen molar-refractivity contribution in [2.24, 2.45) is 0 Å². The fourth-order valence-electron chi connectivity index (χ4n) is 4.12. The second-order valence-corrected chi connectivity index (χ2v) is 11.1. The standard InChI is InChI=1S/C31H27N7O2S/c1-19-8-9-22(35-28(39)20-6-5-7-21(14-20)31(2,3)18-32)15-24(19)37-29(40)26-16-25-30(41-26)34-17-27(36-25)38(4)23-10-12-33-13-11-23/h5-17H,1-4H3,(H,35,39)(H,37,40).